The van der Waals surface area contributed by atoms with E-state index in [4.69, 9.17) is 16.6 Å². The topological polar surface area (TPSA) is 145 Å². The minimum Gasteiger partial charge on any atom is -0.480 e. The predicted molar refractivity (Wildman–Crippen MR) is 58.1 cm³/mol. The molecule has 0 saturated carbocycles. The van der Waals surface area contributed by atoms with Crippen LogP contribution in [0.4, 0.5) is 5.69 Å². The molecular weight excluding hydrogens is 212 g/mol. The lowest BCUT2D eigenvalue weighted by Crippen LogP contribution is -2.34. The van der Waals surface area contributed by atoms with Crippen LogP contribution >= 0.6 is 0 Å². The molecule has 0 fully saturated rings. The summed E-state index contributed by atoms with van der Waals surface area (Å²) in [5, 5.41) is 8.10. The third-order valence-electron chi connectivity index (χ3n) is 1.42. The molecule has 16 heavy (non-hydrogen) atoms. The summed E-state index contributed by atoms with van der Waals surface area (Å²) in [4.78, 5) is 23.7. The summed E-state index contributed by atoms with van der Waals surface area (Å²) in [7, 11) is 0. The Hall–Kier alpha value is -2.15. The first-order valence-corrected chi connectivity index (χ1v) is 4.35. The highest BCUT2D eigenvalue weighted by Gasteiger charge is 2.13. The quantitative estimate of drug-likeness (QED) is 0.516. The van der Waals surface area contributed by atoms with Gasteiger partial charge in [-0.25, -0.2) is 0 Å². The standard InChI is InChI=1S/C5H6N2.C4H8N2O3/c6-5-2-1-3-7-4-5;5-2(4(8)9)1-3(6)7/h1-4H,6H2;2H,1,5H2,(H2,6,7)(H,8,9)/t;2-/m.0/s1. The van der Waals surface area contributed by atoms with E-state index in [0.717, 1.165) is 0 Å². The fraction of sp³-hybridized carbons (Fsp3) is 0.222. The van der Waals surface area contributed by atoms with Crippen molar-refractivity contribution in [2.45, 2.75) is 12.5 Å². The lowest BCUT2D eigenvalue weighted by atomic mass is 10.2. The van der Waals surface area contributed by atoms with Crippen LogP contribution in [0.3, 0.4) is 0 Å². The van der Waals surface area contributed by atoms with Gasteiger partial charge in [0.2, 0.25) is 5.91 Å². The van der Waals surface area contributed by atoms with E-state index in [1.807, 2.05) is 0 Å². The third-order valence-corrected chi connectivity index (χ3v) is 1.42. The highest BCUT2D eigenvalue weighted by molar-refractivity contribution is 5.83. The van der Waals surface area contributed by atoms with Crippen molar-refractivity contribution >= 4 is 17.6 Å². The number of pyridine rings is 1. The SMILES string of the molecule is NC(=O)C[C@H](N)C(=O)O.Nc1cccnc1. The molecule has 0 aliphatic carbocycles. The molecule has 1 aromatic rings. The molecule has 1 atom stereocenters. The zero-order valence-corrected chi connectivity index (χ0v) is 8.54. The molecule has 0 saturated heterocycles. The van der Waals surface area contributed by atoms with E-state index < -0.39 is 17.9 Å². The van der Waals surface area contributed by atoms with Gasteiger partial charge in [-0.15, -0.1) is 0 Å². The molecule has 1 heterocycles. The van der Waals surface area contributed by atoms with Crippen LogP contribution in [0.5, 0.6) is 0 Å². The van der Waals surface area contributed by atoms with Crippen molar-refractivity contribution < 1.29 is 14.7 Å². The number of nitrogen functional groups attached to an aromatic ring is 1. The second-order valence-corrected chi connectivity index (χ2v) is 2.90. The Kier molecular flexibility index (Phi) is 6.22. The first-order valence-electron chi connectivity index (χ1n) is 4.35. The largest absolute Gasteiger partial charge is 0.480 e. The highest BCUT2D eigenvalue weighted by Crippen LogP contribution is 1.92. The molecule has 0 aromatic carbocycles. The highest BCUT2D eigenvalue weighted by atomic mass is 16.4. The Morgan fingerprint density at radius 2 is 2.12 bits per heavy atom. The van der Waals surface area contributed by atoms with Crippen LogP contribution in [0.2, 0.25) is 0 Å². The molecule has 1 aromatic heterocycles. The van der Waals surface area contributed by atoms with E-state index in [1.165, 1.54) is 0 Å². The summed E-state index contributed by atoms with van der Waals surface area (Å²) in [6.07, 6.45) is 2.99. The maximum Gasteiger partial charge on any atom is 0.321 e. The molecule has 0 aliphatic rings. The number of aliphatic carboxylic acids is 1. The number of carboxylic acids is 1. The lowest BCUT2D eigenvalue weighted by Gasteiger charge is -1.99. The summed E-state index contributed by atoms with van der Waals surface area (Å²) in [6.45, 7) is 0. The van der Waals surface area contributed by atoms with Crippen molar-refractivity contribution in [2.75, 3.05) is 5.73 Å². The number of aromatic nitrogens is 1. The van der Waals surface area contributed by atoms with Crippen molar-refractivity contribution in [3.63, 3.8) is 0 Å². The smallest absolute Gasteiger partial charge is 0.321 e. The Bertz CT molecular complexity index is 342. The van der Waals surface area contributed by atoms with Gasteiger partial charge in [-0.2, -0.15) is 0 Å². The molecule has 7 N–H and O–H groups in total. The second-order valence-electron chi connectivity index (χ2n) is 2.90. The second kappa shape index (κ2) is 7.18. The molecule has 0 unspecified atom stereocenters. The van der Waals surface area contributed by atoms with Crippen LogP contribution in [-0.2, 0) is 9.59 Å². The number of carbonyl (C=O) groups excluding carboxylic acids is 1. The van der Waals surface area contributed by atoms with E-state index in [1.54, 1.807) is 24.5 Å². The first-order chi connectivity index (χ1) is 7.43. The zero-order chi connectivity index (χ0) is 12.6. The van der Waals surface area contributed by atoms with Crippen molar-refractivity contribution in [1.29, 1.82) is 0 Å². The molecule has 0 spiro atoms. The summed E-state index contributed by atoms with van der Waals surface area (Å²) in [6, 6.07) is 2.44. The van der Waals surface area contributed by atoms with Crippen LogP contribution in [0, 0.1) is 0 Å². The number of amides is 1. The van der Waals surface area contributed by atoms with Gasteiger partial charge in [0.15, 0.2) is 0 Å². The molecule has 7 heteroatoms. The zero-order valence-electron chi connectivity index (χ0n) is 8.54. The Labute approximate surface area is 92.3 Å². The number of rotatable bonds is 3. The summed E-state index contributed by atoms with van der Waals surface area (Å²) < 4.78 is 0. The van der Waals surface area contributed by atoms with Crippen molar-refractivity contribution in [2.24, 2.45) is 11.5 Å². The Balaban J connectivity index is 0.000000288. The van der Waals surface area contributed by atoms with Crippen molar-refractivity contribution in [1.82, 2.24) is 4.98 Å². The fourth-order valence-corrected chi connectivity index (χ4v) is 0.680. The normalized spacial score (nSPS) is 10.8. The minimum absolute atomic E-state index is 0.310. The summed E-state index contributed by atoms with van der Waals surface area (Å²) >= 11 is 0. The summed E-state index contributed by atoms with van der Waals surface area (Å²) in [5.74, 6) is -1.92. The van der Waals surface area contributed by atoms with Crippen LogP contribution in [0.15, 0.2) is 24.5 Å². The molecule has 88 valence electrons. The molecule has 0 aliphatic heterocycles. The number of nitrogens with two attached hydrogens (primary N) is 3. The van der Waals surface area contributed by atoms with Crippen LogP contribution in [0.25, 0.3) is 0 Å². The number of nitrogens with zero attached hydrogens (tertiary/aromatic N) is 1. The average Bonchev–Trinajstić information content (AvgIpc) is 2.18. The van der Waals surface area contributed by atoms with Gasteiger partial charge in [0.1, 0.15) is 6.04 Å². The van der Waals surface area contributed by atoms with E-state index in [9.17, 15) is 9.59 Å². The maximum atomic E-state index is 9.99. The summed E-state index contributed by atoms with van der Waals surface area (Å²) in [5.41, 5.74) is 15.6. The van der Waals surface area contributed by atoms with Gasteiger partial charge < -0.3 is 22.3 Å². The van der Waals surface area contributed by atoms with Crippen LogP contribution in [0.1, 0.15) is 6.42 Å². The van der Waals surface area contributed by atoms with Gasteiger partial charge in [-0.1, -0.05) is 0 Å². The Morgan fingerprint density at radius 3 is 2.31 bits per heavy atom. The molecule has 1 rings (SSSR count). The lowest BCUT2D eigenvalue weighted by molar-refractivity contribution is -0.140. The molecule has 0 radical (unpaired) electrons. The van der Waals surface area contributed by atoms with E-state index in [2.05, 4.69) is 10.7 Å². The van der Waals surface area contributed by atoms with E-state index in [0.29, 0.717) is 5.69 Å². The number of carbonyl (C=O) groups is 2. The van der Waals surface area contributed by atoms with E-state index in [-0.39, 0.29) is 6.42 Å². The van der Waals surface area contributed by atoms with Gasteiger partial charge in [0.25, 0.3) is 0 Å². The first kappa shape index (κ1) is 13.8. The average molecular weight is 226 g/mol. The number of hydrogen-bond acceptors (Lipinski definition) is 5. The maximum absolute atomic E-state index is 9.99. The number of carboxylic acid groups (broad SMARTS) is 1. The number of anilines is 1. The van der Waals surface area contributed by atoms with Gasteiger partial charge >= 0.3 is 5.97 Å². The van der Waals surface area contributed by atoms with E-state index >= 15 is 0 Å². The van der Waals surface area contributed by atoms with Crippen LogP contribution < -0.4 is 17.2 Å². The Morgan fingerprint density at radius 1 is 1.50 bits per heavy atom. The molecule has 7 nitrogen and oxygen atoms in total. The van der Waals surface area contributed by atoms with Crippen molar-refractivity contribution in [3.8, 4) is 0 Å². The van der Waals surface area contributed by atoms with Gasteiger partial charge in [0.05, 0.1) is 12.1 Å². The van der Waals surface area contributed by atoms with Crippen LogP contribution in [-0.4, -0.2) is 28.0 Å². The number of hydrogen-bond donors (Lipinski definition) is 4. The monoisotopic (exact) mass is 226 g/mol. The molecular formula is C9H14N4O3. The predicted octanol–water partition coefficient (Wildman–Crippen LogP) is -1.06. The van der Waals surface area contributed by atoms with Crippen molar-refractivity contribution in [3.05, 3.63) is 24.5 Å². The third kappa shape index (κ3) is 7.27. The molecule has 0 bridgehead atoms. The fourth-order valence-electron chi connectivity index (χ4n) is 0.680. The minimum atomic E-state index is -1.21. The van der Waals surface area contributed by atoms with Gasteiger partial charge in [0, 0.05) is 12.4 Å². The van der Waals surface area contributed by atoms with Gasteiger partial charge in [-0.05, 0) is 12.1 Å². The van der Waals surface area contributed by atoms with Gasteiger partial charge in [-0.3, -0.25) is 14.6 Å². The molecule has 1 amide bonds. The number of primary amides is 1.